The van der Waals surface area contributed by atoms with Crippen LogP contribution in [0.5, 0.6) is 0 Å². The van der Waals surface area contributed by atoms with E-state index in [9.17, 15) is 4.79 Å². The summed E-state index contributed by atoms with van der Waals surface area (Å²) < 4.78 is 6.67. The topological polar surface area (TPSA) is 43.6 Å². The second kappa shape index (κ2) is 3.49. The van der Waals surface area contributed by atoms with Gasteiger partial charge in [0.1, 0.15) is 0 Å². The predicted molar refractivity (Wildman–Crippen MR) is 51.1 cm³/mol. The van der Waals surface area contributed by atoms with Crippen molar-refractivity contribution in [3.8, 4) is 0 Å². The molecule has 0 amide bonds. The molecule has 2 aromatic heterocycles. The van der Waals surface area contributed by atoms with Crippen molar-refractivity contribution in [1.82, 2.24) is 9.38 Å². The number of aromatic nitrogens is 2. The molecule has 0 spiro atoms. The lowest BCUT2D eigenvalue weighted by atomic mass is 10.4. The molecule has 72 valence electrons. The monoisotopic (exact) mass is 190 g/mol. The summed E-state index contributed by atoms with van der Waals surface area (Å²) in [6.07, 6.45) is 5.17. The Kier molecular flexibility index (Phi) is 2.18. The summed E-state index contributed by atoms with van der Waals surface area (Å²) in [4.78, 5) is 15.3. The molecule has 0 saturated heterocycles. The average molecular weight is 190 g/mol. The molecule has 0 N–H and O–H groups in total. The first-order valence-corrected chi connectivity index (χ1v) is 4.41. The Hall–Kier alpha value is -1.84. The van der Waals surface area contributed by atoms with Crippen LogP contribution in [0.1, 0.15) is 17.4 Å². The van der Waals surface area contributed by atoms with Crippen LogP contribution in [-0.4, -0.2) is 22.0 Å². The van der Waals surface area contributed by atoms with E-state index in [-0.39, 0.29) is 5.97 Å². The summed E-state index contributed by atoms with van der Waals surface area (Å²) in [7, 11) is 0. The molecule has 0 saturated carbocycles. The van der Waals surface area contributed by atoms with Crippen molar-refractivity contribution < 1.29 is 9.53 Å². The molecule has 0 radical (unpaired) electrons. The highest BCUT2D eigenvalue weighted by Gasteiger charge is 2.08. The Morgan fingerprint density at radius 3 is 3.29 bits per heavy atom. The molecule has 0 aliphatic heterocycles. The number of esters is 1. The third kappa shape index (κ3) is 1.46. The molecule has 0 aliphatic rings. The van der Waals surface area contributed by atoms with Gasteiger partial charge >= 0.3 is 5.97 Å². The number of fused-ring (bicyclic) bond motifs is 1. The molecule has 0 unspecified atom stereocenters. The van der Waals surface area contributed by atoms with Gasteiger partial charge in [-0.05, 0) is 19.1 Å². The smallest absolute Gasteiger partial charge is 0.358 e. The van der Waals surface area contributed by atoms with E-state index in [1.54, 1.807) is 19.3 Å². The van der Waals surface area contributed by atoms with Gasteiger partial charge in [0.05, 0.1) is 18.3 Å². The zero-order chi connectivity index (χ0) is 9.97. The molecule has 2 rings (SSSR count). The summed E-state index contributed by atoms with van der Waals surface area (Å²) in [5.41, 5.74) is 1.29. The molecule has 0 aromatic carbocycles. The van der Waals surface area contributed by atoms with Crippen molar-refractivity contribution in [2.75, 3.05) is 6.61 Å². The molecule has 0 atom stereocenters. The van der Waals surface area contributed by atoms with E-state index < -0.39 is 0 Å². The fourth-order valence-corrected chi connectivity index (χ4v) is 1.24. The number of carbonyl (C=O) groups is 1. The summed E-state index contributed by atoms with van der Waals surface area (Å²) in [5.74, 6) is -0.386. The third-order valence-corrected chi connectivity index (χ3v) is 1.89. The van der Waals surface area contributed by atoms with E-state index >= 15 is 0 Å². The lowest BCUT2D eigenvalue weighted by Gasteiger charge is -2.01. The molecule has 2 heterocycles. The molecule has 4 heteroatoms. The second-order valence-corrected chi connectivity index (χ2v) is 2.83. The van der Waals surface area contributed by atoms with Gasteiger partial charge in [-0.2, -0.15) is 0 Å². The molecule has 0 fully saturated rings. The fraction of sp³-hybridized carbons (Fsp3) is 0.200. The number of rotatable bonds is 2. The highest BCUT2D eigenvalue weighted by molar-refractivity contribution is 5.87. The first-order valence-electron chi connectivity index (χ1n) is 4.41. The van der Waals surface area contributed by atoms with Crippen LogP contribution in [0.4, 0.5) is 0 Å². The maximum atomic E-state index is 11.3. The van der Waals surface area contributed by atoms with Gasteiger partial charge in [0.2, 0.25) is 0 Å². The standard InChI is InChI=1S/C10H10N2O2/c1-2-14-10(13)9-7-12-5-3-4-8(12)6-11-9/h3-7H,2H2,1H3. The molecule has 2 aromatic rings. The normalized spacial score (nSPS) is 10.4. The van der Waals surface area contributed by atoms with Crippen LogP contribution < -0.4 is 0 Å². The van der Waals surface area contributed by atoms with E-state index in [0.29, 0.717) is 12.3 Å². The van der Waals surface area contributed by atoms with Gasteiger partial charge in [-0.3, -0.25) is 0 Å². The van der Waals surface area contributed by atoms with Gasteiger partial charge in [-0.25, -0.2) is 9.78 Å². The van der Waals surface area contributed by atoms with Crippen molar-refractivity contribution in [3.63, 3.8) is 0 Å². The lowest BCUT2D eigenvalue weighted by molar-refractivity contribution is 0.0519. The van der Waals surface area contributed by atoms with Gasteiger partial charge in [-0.1, -0.05) is 0 Å². The van der Waals surface area contributed by atoms with Gasteiger partial charge in [0, 0.05) is 12.4 Å². The molecule has 14 heavy (non-hydrogen) atoms. The average Bonchev–Trinajstić information content (AvgIpc) is 2.64. The SMILES string of the molecule is CCOC(=O)c1cn2cccc2cn1. The van der Waals surface area contributed by atoms with Crippen LogP contribution in [0.3, 0.4) is 0 Å². The van der Waals surface area contributed by atoms with Crippen LogP contribution in [0.15, 0.2) is 30.7 Å². The molecule has 0 bridgehead atoms. The van der Waals surface area contributed by atoms with Gasteiger partial charge in [0.25, 0.3) is 0 Å². The van der Waals surface area contributed by atoms with Crippen LogP contribution in [-0.2, 0) is 4.74 Å². The predicted octanol–water partition coefficient (Wildman–Crippen LogP) is 1.51. The summed E-state index contributed by atoms with van der Waals surface area (Å²) in [6, 6.07) is 3.81. The molecular formula is C10H10N2O2. The summed E-state index contributed by atoms with van der Waals surface area (Å²) >= 11 is 0. The minimum atomic E-state index is -0.386. The van der Waals surface area contributed by atoms with Crippen LogP contribution in [0, 0.1) is 0 Å². The molecule has 4 nitrogen and oxygen atoms in total. The fourth-order valence-electron chi connectivity index (χ4n) is 1.24. The first kappa shape index (κ1) is 8.74. The van der Waals surface area contributed by atoms with E-state index in [1.165, 1.54) is 0 Å². The minimum absolute atomic E-state index is 0.329. The maximum Gasteiger partial charge on any atom is 0.358 e. The zero-order valence-electron chi connectivity index (χ0n) is 7.80. The van der Waals surface area contributed by atoms with Crippen LogP contribution in [0.25, 0.3) is 5.52 Å². The lowest BCUT2D eigenvalue weighted by Crippen LogP contribution is -2.07. The Labute approximate surface area is 81.1 Å². The van der Waals surface area contributed by atoms with Crippen molar-refractivity contribution in [3.05, 3.63) is 36.4 Å². The Bertz CT molecular complexity index is 462. The van der Waals surface area contributed by atoms with Crippen molar-refractivity contribution >= 4 is 11.5 Å². The van der Waals surface area contributed by atoms with Gasteiger partial charge in [-0.15, -0.1) is 0 Å². The van der Waals surface area contributed by atoms with E-state index in [1.807, 2.05) is 22.7 Å². The van der Waals surface area contributed by atoms with Crippen LogP contribution >= 0.6 is 0 Å². The number of ether oxygens (including phenoxy) is 1. The summed E-state index contributed by atoms with van der Waals surface area (Å²) in [6.45, 7) is 2.14. The Morgan fingerprint density at radius 1 is 1.64 bits per heavy atom. The largest absolute Gasteiger partial charge is 0.461 e. The highest BCUT2D eigenvalue weighted by Crippen LogP contribution is 2.05. The van der Waals surface area contributed by atoms with E-state index in [0.717, 1.165) is 5.52 Å². The number of hydrogen-bond acceptors (Lipinski definition) is 3. The Morgan fingerprint density at radius 2 is 2.50 bits per heavy atom. The minimum Gasteiger partial charge on any atom is -0.461 e. The van der Waals surface area contributed by atoms with Crippen molar-refractivity contribution in [1.29, 1.82) is 0 Å². The molecule has 0 aliphatic carbocycles. The number of nitrogens with zero attached hydrogens (tertiary/aromatic N) is 2. The van der Waals surface area contributed by atoms with Gasteiger partial charge < -0.3 is 9.14 Å². The first-order chi connectivity index (χ1) is 6.81. The second-order valence-electron chi connectivity index (χ2n) is 2.83. The van der Waals surface area contributed by atoms with Crippen molar-refractivity contribution in [2.45, 2.75) is 6.92 Å². The van der Waals surface area contributed by atoms with Crippen molar-refractivity contribution in [2.24, 2.45) is 0 Å². The highest BCUT2D eigenvalue weighted by atomic mass is 16.5. The number of carbonyl (C=O) groups excluding carboxylic acids is 1. The zero-order valence-corrected chi connectivity index (χ0v) is 7.80. The third-order valence-electron chi connectivity index (χ3n) is 1.89. The maximum absolute atomic E-state index is 11.3. The van der Waals surface area contributed by atoms with Crippen LogP contribution in [0.2, 0.25) is 0 Å². The quantitative estimate of drug-likeness (QED) is 0.674. The van der Waals surface area contributed by atoms with E-state index in [2.05, 4.69) is 4.98 Å². The van der Waals surface area contributed by atoms with Gasteiger partial charge in [0.15, 0.2) is 5.69 Å². The number of hydrogen-bond donors (Lipinski definition) is 0. The Balaban J connectivity index is 2.38. The van der Waals surface area contributed by atoms with E-state index in [4.69, 9.17) is 4.74 Å². The molecular weight excluding hydrogens is 180 g/mol. The summed E-state index contributed by atoms with van der Waals surface area (Å²) in [5, 5.41) is 0.